The first kappa shape index (κ1) is 19.4. The van der Waals surface area contributed by atoms with E-state index in [0.717, 1.165) is 23.4 Å². The first-order valence-electron chi connectivity index (χ1n) is 9.30. The lowest BCUT2D eigenvalue weighted by atomic mass is 10.0. The van der Waals surface area contributed by atoms with Gasteiger partial charge in [-0.1, -0.05) is 49.4 Å². The first-order chi connectivity index (χ1) is 13.6. The van der Waals surface area contributed by atoms with E-state index < -0.39 is 6.04 Å². The van der Waals surface area contributed by atoms with Gasteiger partial charge >= 0.3 is 0 Å². The van der Waals surface area contributed by atoms with Crippen molar-refractivity contribution in [3.8, 4) is 5.75 Å². The average molecular weight is 375 g/mol. The number of carbonyl (C=O) groups is 1. The third-order valence-electron chi connectivity index (χ3n) is 4.67. The summed E-state index contributed by atoms with van der Waals surface area (Å²) in [7, 11) is 3.53. The fourth-order valence-electron chi connectivity index (χ4n) is 3.07. The summed E-state index contributed by atoms with van der Waals surface area (Å²) in [5, 5.41) is 3.05. The first-order valence-corrected chi connectivity index (χ1v) is 9.30. The monoisotopic (exact) mass is 375 g/mol. The fourth-order valence-corrected chi connectivity index (χ4v) is 3.07. The number of imidazole rings is 1. The molecule has 5 heteroatoms. The van der Waals surface area contributed by atoms with Crippen LogP contribution in [0.4, 0.5) is 0 Å². The minimum atomic E-state index is -0.421. The van der Waals surface area contributed by atoms with Gasteiger partial charge < -0.3 is 14.6 Å². The summed E-state index contributed by atoms with van der Waals surface area (Å²) < 4.78 is 7.38. The number of carbonyl (C=O) groups excluding carboxylic acids is 1. The Balaban J connectivity index is 1.84. The summed E-state index contributed by atoms with van der Waals surface area (Å²) in [4.78, 5) is 17.1. The van der Waals surface area contributed by atoms with E-state index in [0.29, 0.717) is 5.75 Å². The van der Waals surface area contributed by atoms with Gasteiger partial charge in [0.1, 0.15) is 17.6 Å². The molecule has 1 N–H and O–H groups in total. The number of ether oxygens (including phenoxy) is 1. The summed E-state index contributed by atoms with van der Waals surface area (Å²) in [6.45, 7) is 2.12. The number of benzene rings is 2. The molecule has 28 heavy (non-hydrogen) atoms. The van der Waals surface area contributed by atoms with E-state index >= 15 is 0 Å². The molecule has 0 radical (unpaired) electrons. The molecule has 2 aromatic carbocycles. The van der Waals surface area contributed by atoms with Gasteiger partial charge in [-0.25, -0.2) is 4.98 Å². The van der Waals surface area contributed by atoms with Crippen LogP contribution < -0.4 is 10.1 Å². The number of nitrogens with zero attached hydrogens (tertiary/aromatic N) is 2. The van der Waals surface area contributed by atoms with Gasteiger partial charge in [-0.2, -0.15) is 0 Å². The second-order valence-electron chi connectivity index (χ2n) is 6.51. The highest BCUT2D eigenvalue weighted by atomic mass is 16.5. The zero-order chi connectivity index (χ0) is 19.9. The minimum absolute atomic E-state index is 0.196. The highest BCUT2D eigenvalue weighted by Gasteiger charge is 2.23. The lowest BCUT2D eigenvalue weighted by Gasteiger charge is -2.20. The van der Waals surface area contributed by atoms with Crippen LogP contribution in [0.1, 0.15) is 35.5 Å². The van der Waals surface area contributed by atoms with Crippen LogP contribution in [-0.4, -0.2) is 22.6 Å². The highest BCUT2D eigenvalue weighted by Crippen LogP contribution is 2.29. The maximum absolute atomic E-state index is 12.7. The molecule has 1 unspecified atom stereocenters. The number of hydrogen-bond acceptors (Lipinski definition) is 3. The summed E-state index contributed by atoms with van der Waals surface area (Å²) >= 11 is 0. The Labute approximate surface area is 165 Å². The lowest BCUT2D eigenvalue weighted by molar-refractivity contribution is -0.117. The van der Waals surface area contributed by atoms with Crippen LogP contribution in [0.25, 0.3) is 6.08 Å². The van der Waals surface area contributed by atoms with Gasteiger partial charge in [0.2, 0.25) is 5.91 Å². The molecular weight excluding hydrogens is 350 g/mol. The van der Waals surface area contributed by atoms with E-state index in [2.05, 4.69) is 29.4 Å². The Hall–Kier alpha value is -3.34. The Bertz CT molecular complexity index is 958. The SMILES string of the molecule is CCc1ccc(/C=C/C(=O)NC(c2ccccc2OC)c2nccn2C)cc1. The van der Waals surface area contributed by atoms with Crippen molar-refractivity contribution in [2.45, 2.75) is 19.4 Å². The standard InChI is InChI=1S/C23H25N3O2/c1-4-17-9-11-18(12-10-17)13-14-21(27)25-22(23-24-15-16-26(23)2)19-7-5-6-8-20(19)28-3/h5-16,22H,4H2,1-3H3,(H,25,27)/b14-13+. The summed E-state index contributed by atoms with van der Waals surface area (Å²) in [6.07, 6.45) is 7.93. The zero-order valence-electron chi connectivity index (χ0n) is 16.4. The quantitative estimate of drug-likeness (QED) is 0.637. The predicted octanol–water partition coefficient (Wildman–Crippen LogP) is 3.91. The molecule has 1 aromatic heterocycles. The molecule has 0 aliphatic heterocycles. The van der Waals surface area contributed by atoms with Gasteiger partial charge in [-0.05, 0) is 29.7 Å². The van der Waals surface area contributed by atoms with Gasteiger partial charge in [0.15, 0.2) is 0 Å². The minimum Gasteiger partial charge on any atom is -0.496 e. The van der Waals surface area contributed by atoms with Crippen molar-refractivity contribution >= 4 is 12.0 Å². The van der Waals surface area contributed by atoms with Crippen molar-refractivity contribution in [2.75, 3.05) is 7.11 Å². The maximum Gasteiger partial charge on any atom is 0.244 e. The summed E-state index contributed by atoms with van der Waals surface area (Å²) in [5.41, 5.74) is 3.11. The maximum atomic E-state index is 12.7. The van der Waals surface area contributed by atoms with Gasteiger partial charge in [-0.15, -0.1) is 0 Å². The van der Waals surface area contributed by atoms with E-state index in [4.69, 9.17) is 4.74 Å². The number of aromatic nitrogens is 2. The normalized spacial score (nSPS) is 12.1. The largest absolute Gasteiger partial charge is 0.496 e. The van der Waals surface area contributed by atoms with E-state index in [1.165, 1.54) is 5.56 Å². The van der Waals surface area contributed by atoms with Gasteiger partial charge in [-0.3, -0.25) is 4.79 Å². The lowest BCUT2D eigenvalue weighted by Crippen LogP contribution is -2.30. The molecule has 0 aliphatic carbocycles. The smallest absolute Gasteiger partial charge is 0.244 e. The molecule has 0 saturated heterocycles. The fraction of sp³-hybridized carbons (Fsp3) is 0.217. The molecule has 1 amide bonds. The van der Waals surface area contributed by atoms with Crippen LogP contribution >= 0.6 is 0 Å². The van der Waals surface area contributed by atoms with Crippen LogP contribution in [0.5, 0.6) is 5.75 Å². The molecule has 3 aromatic rings. The Morgan fingerprint density at radius 2 is 1.96 bits per heavy atom. The third-order valence-corrected chi connectivity index (χ3v) is 4.67. The summed E-state index contributed by atoms with van der Waals surface area (Å²) in [6, 6.07) is 15.4. The van der Waals surface area contributed by atoms with Crippen molar-refractivity contribution < 1.29 is 9.53 Å². The molecule has 0 aliphatic rings. The number of para-hydroxylation sites is 1. The van der Waals surface area contributed by atoms with Crippen LogP contribution in [0.2, 0.25) is 0 Å². The molecule has 3 rings (SSSR count). The van der Waals surface area contributed by atoms with Crippen molar-refractivity contribution in [1.82, 2.24) is 14.9 Å². The van der Waals surface area contributed by atoms with E-state index in [9.17, 15) is 4.79 Å². The molecule has 0 spiro atoms. The second kappa shape index (κ2) is 9.04. The molecule has 0 fully saturated rings. The van der Waals surface area contributed by atoms with E-state index in [1.54, 1.807) is 19.4 Å². The highest BCUT2D eigenvalue weighted by molar-refractivity contribution is 5.92. The molecule has 5 nitrogen and oxygen atoms in total. The molecule has 1 heterocycles. The van der Waals surface area contributed by atoms with Crippen molar-refractivity contribution in [3.05, 3.63) is 89.5 Å². The topological polar surface area (TPSA) is 56.1 Å². The number of amides is 1. The molecular formula is C23H25N3O2. The molecule has 144 valence electrons. The van der Waals surface area contributed by atoms with Crippen molar-refractivity contribution in [3.63, 3.8) is 0 Å². The van der Waals surface area contributed by atoms with Crippen molar-refractivity contribution in [1.29, 1.82) is 0 Å². The average Bonchev–Trinajstić information content (AvgIpc) is 3.16. The van der Waals surface area contributed by atoms with Crippen LogP contribution in [0.3, 0.4) is 0 Å². The van der Waals surface area contributed by atoms with E-state index in [1.807, 2.05) is 60.3 Å². The number of methoxy groups -OCH3 is 1. The van der Waals surface area contributed by atoms with Crippen LogP contribution in [0.15, 0.2) is 67.0 Å². The molecule has 0 saturated carbocycles. The Morgan fingerprint density at radius 3 is 2.61 bits per heavy atom. The van der Waals surface area contributed by atoms with Gasteiger partial charge in [0.25, 0.3) is 0 Å². The van der Waals surface area contributed by atoms with Gasteiger partial charge in [0.05, 0.1) is 7.11 Å². The van der Waals surface area contributed by atoms with Crippen LogP contribution in [-0.2, 0) is 18.3 Å². The number of hydrogen-bond donors (Lipinski definition) is 1. The van der Waals surface area contributed by atoms with E-state index in [-0.39, 0.29) is 5.91 Å². The molecule has 1 atom stereocenters. The number of aryl methyl sites for hydroxylation is 2. The second-order valence-corrected chi connectivity index (χ2v) is 6.51. The van der Waals surface area contributed by atoms with Crippen molar-refractivity contribution in [2.24, 2.45) is 7.05 Å². The zero-order valence-corrected chi connectivity index (χ0v) is 16.4. The Morgan fingerprint density at radius 1 is 1.21 bits per heavy atom. The molecule has 0 bridgehead atoms. The number of rotatable bonds is 7. The predicted molar refractivity (Wildman–Crippen MR) is 111 cm³/mol. The van der Waals surface area contributed by atoms with Gasteiger partial charge in [0, 0.05) is 31.1 Å². The Kier molecular flexibility index (Phi) is 6.27. The summed E-state index contributed by atoms with van der Waals surface area (Å²) in [5.74, 6) is 1.24. The number of nitrogens with one attached hydrogen (secondary N) is 1. The third kappa shape index (κ3) is 4.49. The van der Waals surface area contributed by atoms with Crippen LogP contribution in [0, 0.1) is 0 Å².